The second-order valence-electron chi connectivity index (χ2n) is 7.32. The van der Waals surface area contributed by atoms with Crippen LogP contribution in [0.5, 0.6) is 0 Å². The third kappa shape index (κ3) is 3.08. The van der Waals surface area contributed by atoms with Crippen LogP contribution in [0.15, 0.2) is 40.5 Å². The average Bonchev–Trinajstić information content (AvgIpc) is 3.36. The van der Waals surface area contributed by atoms with Crippen LogP contribution in [-0.2, 0) is 12.8 Å². The summed E-state index contributed by atoms with van der Waals surface area (Å²) in [6, 6.07) is 8.37. The number of anilines is 1. The Morgan fingerprint density at radius 2 is 1.81 bits per heavy atom. The molecule has 3 heterocycles. The maximum atomic E-state index is 12.9. The van der Waals surface area contributed by atoms with Crippen LogP contribution < -0.4 is 10.5 Å². The van der Waals surface area contributed by atoms with E-state index in [0.29, 0.717) is 0 Å². The molecular formula is C21H22N4OS. The summed E-state index contributed by atoms with van der Waals surface area (Å²) in [6.07, 6.45) is 10.2. The molecule has 0 atom stereocenters. The molecule has 1 fully saturated rings. The second-order valence-corrected chi connectivity index (χ2v) is 8.40. The maximum Gasteiger partial charge on any atom is 0.282 e. The summed E-state index contributed by atoms with van der Waals surface area (Å²) in [5.74, 6) is 0. The molecule has 3 aromatic rings. The van der Waals surface area contributed by atoms with Crippen LogP contribution in [-0.4, -0.2) is 29.0 Å². The van der Waals surface area contributed by atoms with Crippen LogP contribution in [0.3, 0.4) is 0 Å². The lowest BCUT2D eigenvalue weighted by Gasteiger charge is -2.17. The molecule has 0 N–H and O–H groups in total. The van der Waals surface area contributed by atoms with Gasteiger partial charge in [0.1, 0.15) is 11.2 Å². The number of aromatic nitrogens is 2. The van der Waals surface area contributed by atoms with E-state index >= 15 is 0 Å². The summed E-state index contributed by atoms with van der Waals surface area (Å²) in [7, 11) is 0. The summed E-state index contributed by atoms with van der Waals surface area (Å²) in [5, 5.41) is 5.17. The van der Waals surface area contributed by atoms with E-state index in [1.165, 1.54) is 40.1 Å². The Balaban J connectivity index is 1.44. The summed E-state index contributed by atoms with van der Waals surface area (Å²) >= 11 is 1.67. The van der Waals surface area contributed by atoms with E-state index in [9.17, 15) is 4.79 Å². The number of rotatable bonds is 3. The molecule has 0 unspecified atom stereocenters. The number of benzene rings is 1. The predicted octanol–water partition coefficient (Wildman–Crippen LogP) is 3.82. The van der Waals surface area contributed by atoms with Crippen LogP contribution in [0.2, 0.25) is 0 Å². The molecule has 2 aromatic heterocycles. The first-order valence-corrected chi connectivity index (χ1v) is 10.5. The number of hydrogen-bond donors (Lipinski definition) is 0. The van der Waals surface area contributed by atoms with Crippen LogP contribution in [0, 0.1) is 0 Å². The number of aryl methyl sites for hydroxylation is 2. The Kier molecular flexibility index (Phi) is 4.28. The van der Waals surface area contributed by atoms with Gasteiger partial charge < -0.3 is 4.90 Å². The van der Waals surface area contributed by atoms with Crippen molar-refractivity contribution in [2.24, 2.45) is 5.10 Å². The SMILES string of the molecule is O=c1c2c3c(sc2ncn1/N=C/c1ccc(N2CCCC2)cc1)CCCC3. The molecule has 27 heavy (non-hydrogen) atoms. The summed E-state index contributed by atoms with van der Waals surface area (Å²) in [5.41, 5.74) is 3.40. The topological polar surface area (TPSA) is 50.5 Å². The van der Waals surface area contributed by atoms with E-state index in [4.69, 9.17) is 0 Å². The molecular weight excluding hydrogens is 356 g/mol. The fourth-order valence-corrected chi connectivity index (χ4v) is 5.31. The van der Waals surface area contributed by atoms with Crippen LogP contribution >= 0.6 is 11.3 Å². The molecule has 138 valence electrons. The van der Waals surface area contributed by atoms with Gasteiger partial charge in [-0.25, -0.2) is 4.98 Å². The first kappa shape index (κ1) is 16.7. The fourth-order valence-electron chi connectivity index (χ4n) is 4.09. The molecule has 1 aliphatic heterocycles. The van der Waals surface area contributed by atoms with Gasteiger partial charge in [0.15, 0.2) is 0 Å². The molecule has 0 radical (unpaired) electrons. The van der Waals surface area contributed by atoms with E-state index in [2.05, 4.69) is 39.3 Å². The highest BCUT2D eigenvalue weighted by Gasteiger charge is 2.19. The molecule has 6 heteroatoms. The minimum atomic E-state index is -0.0515. The zero-order valence-corrected chi connectivity index (χ0v) is 16.0. The van der Waals surface area contributed by atoms with Crippen LogP contribution in [0.1, 0.15) is 41.7 Å². The van der Waals surface area contributed by atoms with Crippen molar-refractivity contribution in [3.8, 4) is 0 Å². The molecule has 5 rings (SSSR count). The van der Waals surface area contributed by atoms with Crippen molar-refractivity contribution in [1.29, 1.82) is 0 Å². The fraction of sp³-hybridized carbons (Fsp3) is 0.381. The van der Waals surface area contributed by atoms with Crippen LogP contribution in [0.4, 0.5) is 5.69 Å². The molecule has 2 aliphatic rings. The lowest BCUT2D eigenvalue weighted by Crippen LogP contribution is -2.18. The van der Waals surface area contributed by atoms with E-state index < -0.39 is 0 Å². The molecule has 0 spiro atoms. The monoisotopic (exact) mass is 378 g/mol. The summed E-state index contributed by atoms with van der Waals surface area (Å²) in [4.78, 5) is 22.0. The molecule has 1 aromatic carbocycles. The van der Waals surface area contributed by atoms with Gasteiger partial charge in [0.05, 0.1) is 11.6 Å². The number of hydrogen-bond acceptors (Lipinski definition) is 5. The number of thiophene rings is 1. The van der Waals surface area contributed by atoms with Crippen molar-refractivity contribution in [2.45, 2.75) is 38.5 Å². The minimum Gasteiger partial charge on any atom is -0.372 e. The van der Waals surface area contributed by atoms with Crippen molar-refractivity contribution in [3.63, 3.8) is 0 Å². The zero-order chi connectivity index (χ0) is 18.2. The Bertz CT molecular complexity index is 1060. The van der Waals surface area contributed by atoms with E-state index in [0.717, 1.165) is 48.1 Å². The van der Waals surface area contributed by atoms with E-state index in [-0.39, 0.29) is 5.56 Å². The predicted molar refractivity (Wildman–Crippen MR) is 111 cm³/mol. The van der Waals surface area contributed by atoms with E-state index in [1.807, 2.05) is 0 Å². The quantitative estimate of drug-likeness (QED) is 0.651. The first-order chi connectivity index (χ1) is 13.3. The minimum absolute atomic E-state index is 0.0515. The Labute approximate surface area is 162 Å². The van der Waals surface area contributed by atoms with Gasteiger partial charge in [-0.15, -0.1) is 11.3 Å². The molecule has 0 saturated carbocycles. The molecule has 5 nitrogen and oxygen atoms in total. The molecule has 1 saturated heterocycles. The highest BCUT2D eigenvalue weighted by atomic mass is 32.1. The maximum absolute atomic E-state index is 12.9. The normalized spacial score (nSPS) is 17.1. The average molecular weight is 379 g/mol. The number of nitrogens with zero attached hydrogens (tertiary/aromatic N) is 4. The summed E-state index contributed by atoms with van der Waals surface area (Å²) < 4.78 is 1.37. The van der Waals surface area contributed by atoms with Gasteiger partial charge in [0.2, 0.25) is 0 Å². The molecule has 0 bridgehead atoms. The van der Waals surface area contributed by atoms with E-state index in [1.54, 1.807) is 23.9 Å². The highest BCUT2D eigenvalue weighted by molar-refractivity contribution is 7.18. The van der Waals surface area contributed by atoms with Gasteiger partial charge in [-0.1, -0.05) is 12.1 Å². The van der Waals surface area contributed by atoms with Crippen molar-refractivity contribution in [3.05, 3.63) is 57.0 Å². The Hall–Kier alpha value is -2.47. The molecule has 0 amide bonds. The molecule has 1 aliphatic carbocycles. The van der Waals surface area contributed by atoms with Gasteiger partial charge in [-0.05, 0) is 61.8 Å². The lowest BCUT2D eigenvalue weighted by molar-refractivity contribution is 0.699. The largest absolute Gasteiger partial charge is 0.372 e. The highest BCUT2D eigenvalue weighted by Crippen LogP contribution is 2.33. The van der Waals surface area contributed by atoms with Crippen molar-refractivity contribution in [1.82, 2.24) is 9.66 Å². The third-order valence-electron chi connectivity index (χ3n) is 5.55. The smallest absolute Gasteiger partial charge is 0.282 e. The van der Waals surface area contributed by atoms with Gasteiger partial charge in [-0.2, -0.15) is 9.78 Å². The van der Waals surface area contributed by atoms with Crippen molar-refractivity contribution < 1.29 is 0 Å². The van der Waals surface area contributed by atoms with Gasteiger partial charge in [0, 0.05) is 23.7 Å². The van der Waals surface area contributed by atoms with Gasteiger partial charge >= 0.3 is 0 Å². The van der Waals surface area contributed by atoms with Gasteiger partial charge in [0.25, 0.3) is 5.56 Å². The number of fused-ring (bicyclic) bond motifs is 3. The van der Waals surface area contributed by atoms with Gasteiger partial charge in [-0.3, -0.25) is 4.79 Å². The zero-order valence-electron chi connectivity index (χ0n) is 15.2. The lowest BCUT2D eigenvalue weighted by atomic mass is 9.97. The van der Waals surface area contributed by atoms with Crippen molar-refractivity contribution >= 4 is 33.5 Å². The first-order valence-electron chi connectivity index (χ1n) is 9.71. The standard InChI is InChI=1S/C21H22N4OS/c26-21-19-17-5-1-2-6-18(17)27-20(19)22-14-25(21)23-13-15-7-9-16(10-8-15)24-11-3-4-12-24/h7-10,13-14H,1-6,11-12H2/b23-13+. The Morgan fingerprint density at radius 1 is 1.04 bits per heavy atom. The van der Waals surface area contributed by atoms with Crippen molar-refractivity contribution in [2.75, 3.05) is 18.0 Å². The third-order valence-corrected chi connectivity index (χ3v) is 6.75. The summed E-state index contributed by atoms with van der Waals surface area (Å²) in [6.45, 7) is 2.28. The van der Waals surface area contributed by atoms with Crippen LogP contribution in [0.25, 0.3) is 10.2 Å². The Morgan fingerprint density at radius 3 is 2.63 bits per heavy atom. The second kappa shape index (κ2) is 6.93.